The lowest BCUT2D eigenvalue weighted by atomic mass is 10.1. The molecular weight excluding hydrogens is 400 g/mol. The zero-order chi connectivity index (χ0) is 20.8. The minimum absolute atomic E-state index is 0.0267. The van der Waals surface area contributed by atoms with Crippen molar-refractivity contribution in [2.45, 2.75) is 58.2 Å². The summed E-state index contributed by atoms with van der Waals surface area (Å²) in [4.78, 5) is 13.8. The minimum atomic E-state index is -0.0267. The van der Waals surface area contributed by atoms with Gasteiger partial charge in [-0.15, -0.1) is 21.5 Å². The van der Waals surface area contributed by atoms with Crippen LogP contribution in [-0.2, 0) is 17.8 Å². The number of carbonyl (C=O) groups is 1. The van der Waals surface area contributed by atoms with Gasteiger partial charge < -0.3 is 9.88 Å². The second-order valence-corrected chi connectivity index (χ2v) is 9.08. The summed E-state index contributed by atoms with van der Waals surface area (Å²) < 4.78 is 2.13. The van der Waals surface area contributed by atoms with Crippen LogP contribution < -0.4 is 5.32 Å². The van der Waals surface area contributed by atoms with Gasteiger partial charge in [0.1, 0.15) is 0 Å². The van der Waals surface area contributed by atoms with E-state index in [1.807, 2.05) is 24.3 Å². The Kier molecular flexibility index (Phi) is 7.50. The van der Waals surface area contributed by atoms with Crippen LogP contribution >= 0.6 is 23.1 Å². The van der Waals surface area contributed by atoms with Gasteiger partial charge in [0.05, 0.1) is 5.75 Å². The number of aryl methyl sites for hydroxylation is 1. The molecule has 2 aromatic heterocycles. The van der Waals surface area contributed by atoms with Crippen LogP contribution in [0.4, 0.5) is 5.69 Å². The number of hydrogen-bond donors (Lipinski definition) is 1. The summed E-state index contributed by atoms with van der Waals surface area (Å²) in [6.07, 6.45) is 1.87. The molecule has 29 heavy (non-hydrogen) atoms. The number of anilines is 1. The van der Waals surface area contributed by atoms with E-state index in [-0.39, 0.29) is 5.91 Å². The summed E-state index contributed by atoms with van der Waals surface area (Å²) in [7, 11) is 0. The summed E-state index contributed by atoms with van der Waals surface area (Å²) in [6.45, 7) is 9.45. The van der Waals surface area contributed by atoms with E-state index in [0.717, 1.165) is 47.2 Å². The molecule has 1 amide bonds. The van der Waals surface area contributed by atoms with Crippen LogP contribution in [0.2, 0.25) is 0 Å². The Balaban J connectivity index is 1.72. The van der Waals surface area contributed by atoms with Gasteiger partial charge >= 0.3 is 0 Å². The number of para-hydroxylation sites is 1. The first-order chi connectivity index (χ1) is 14.0. The van der Waals surface area contributed by atoms with Crippen molar-refractivity contribution >= 4 is 34.7 Å². The van der Waals surface area contributed by atoms with Crippen molar-refractivity contribution in [1.29, 1.82) is 0 Å². The van der Waals surface area contributed by atoms with Gasteiger partial charge in [-0.1, -0.05) is 57.7 Å². The standard InChI is InChI=1S/C22H28N4OS2/c1-5-11-26-21(17-12-19(15(3)4)28-13-17)24-25-22(26)29-14-20(27)23-18-10-8-7-9-16(18)6-2/h7-10,12-13,15H,5-6,11,14H2,1-4H3,(H,23,27). The maximum absolute atomic E-state index is 12.5. The van der Waals surface area contributed by atoms with Gasteiger partial charge in [0.15, 0.2) is 11.0 Å². The molecule has 5 nitrogen and oxygen atoms in total. The molecule has 0 spiro atoms. The molecule has 0 saturated heterocycles. The third-order valence-corrected chi connectivity index (χ3v) is 6.82. The molecule has 0 aliphatic carbocycles. The number of thioether (sulfide) groups is 1. The molecule has 0 saturated carbocycles. The predicted molar refractivity (Wildman–Crippen MR) is 123 cm³/mol. The Hall–Kier alpha value is -2.12. The van der Waals surface area contributed by atoms with Crippen LogP contribution in [0.1, 0.15) is 50.5 Å². The normalized spacial score (nSPS) is 11.2. The Morgan fingerprint density at radius 2 is 2.03 bits per heavy atom. The maximum Gasteiger partial charge on any atom is 0.234 e. The molecule has 0 aliphatic heterocycles. The molecule has 3 rings (SSSR count). The molecule has 3 aromatic rings. The van der Waals surface area contributed by atoms with Crippen molar-refractivity contribution in [3.05, 3.63) is 46.2 Å². The molecule has 7 heteroatoms. The van der Waals surface area contributed by atoms with Crippen molar-refractivity contribution < 1.29 is 4.79 Å². The highest BCUT2D eigenvalue weighted by atomic mass is 32.2. The Labute approximate surface area is 180 Å². The predicted octanol–water partition coefficient (Wildman–Crippen LogP) is 5.83. The lowest BCUT2D eigenvalue weighted by molar-refractivity contribution is -0.113. The third kappa shape index (κ3) is 5.28. The SMILES string of the molecule is CCCn1c(SCC(=O)Nc2ccccc2CC)nnc1-c1csc(C(C)C)c1. The molecule has 0 fully saturated rings. The molecule has 154 valence electrons. The summed E-state index contributed by atoms with van der Waals surface area (Å²) >= 11 is 3.20. The van der Waals surface area contributed by atoms with Crippen LogP contribution in [0, 0.1) is 0 Å². The maximum atomic E-state index is 12.5. The Bertz CT molecular complexity index is 961. The summed E-state index contributed by atoms with van der Waals surface area (Å²) in [6, 6.07) is 10.1. The van der Waals surface area contributed by atoms with Crippen LogP contribution in [0.25, 0.3) is 11.4 Å². The number of rotatable bonds is 9. The number of thiophene rings is 1. The number of nitrogens with zero attached hydrogens (tertiary/aromatic N) is 3. The molecule has 2 heterocycles. The van der Waals surface area contributed by atoms with Crippen LogP contribution in [0.5, 0.6) is 0 Å². The Morgan fingerprint density at radius 1 is 1.24 bits per heavy atom. The number of benzene rings is 1. The smallest absolute Gasteiger partial charge is 0.234 e. The lowest BCUT2D eigenvalue weighted by Gasteiger charge is -2.10. The summed E-state index contributed by atoms with van der Waals surface area (Å²) in [5.74, 6) is 1.66. The molecule has 0 radical (unpaired) electrons. The van der Waals surface area contributed by atoms with Gasteiger partial charge in [-0.2, -0.15) is 0 Å². The number of amides is 1. The molecule has 0 unspecified atom stereocenters. The number of aromatic nitrogens is 3. The zero-order valence-corrected chi connectivity index (χ0v) is 19.1. The summed E-state index contributed by atoms with van der Waals surface area (Å²) in [5, 5.41) is 14.8. The van der Waals surface area contributed by atoms with E-state index in [1.165, 1.54) is 16.6 Å². The largest absolute Gasteiger partial charge is 0.325 e. The van der Waals surface area contributed by atoms with Crippen LogP contribution in [-0.4, -0.2) is 26.4 Å². The fourth-order valence-electron chi connectivity index (χ4n) is 3.07. The van der Waals surface area contributed by atoms with E-state index in [9.17, 15) is 4.79 Å². The monoisotopic (exact) mass is 428 g/mol. The molecule has 1 aromatic carbocycles. The summed E-state index contributed by atoms with van der Waals surface area (Å²) in [5.41, 5.74) is 3.13. The number of hydrogen-bond acceptors (Lipinski definition) is 5. The number of carbonyl (C=O) groups excluding carboxylic acids is 1. The zero-order valence-electron chi connectivity index (χ0n) is 17.4. The quantitative estimate of drug-likeness (QED) is 0.435. The molecule has 0 aliphatic rings. The van der Waals surface area contributed by atoms with Gasteiger partial charge in [-0.3, -0.25) is 4.79 Å². The van der Waals surface area contributed by atoms with E-state index < -0.39 is 0 Å². The van der Waals surface area contributed by atoms with Crippen LogP contribution in [0.15, 0.2) is 40.9 Å². The van der Waals surface area contributed by atoms with Gasteiger partial charge in [-0.05, 0) is 36.5 Å². The first kappa shape index (κ1) is 21.6. The van der Waals surface area contributed by atoms with Crippen molar-refractivity contribution in [3.8, 4) is 11.4 Å². The van der Waals surface area contributed by atoms with Gasteiger partial charge in [0.2, 0.25) is 5.91 Å². The second-order valence-electron chi connectivity index (χ2n) is 7.20. The van der Waals surface area contributed by atoms with Crippen LogP contribution in [0.3, 0.4) is 0 Å². The number of nitrogens with one attached hydrogen (secondary N) is 1. The molecule has 0 bridgehead atoms. The highest BCUT2D eigenvalue weighted by molar-refractivity contribution is 7.99. The topological polar surface area (TPSA) is 59.8 Å². The van der Waals surface area contributed by atoms with E-state index >= 15 is 0 Å². The highest BCUT2D eigenvalue weighted by Crippen LogP contribution is 2.31. The van der Waals surface area contributed by atoms with Gasteiger partial charge in [-0.25, -0.2) is 0 Å². The average Bonchev–Trinajstić information content (AvgIpc) is 3.34. The highest BCUT2D eigenvalue weighted by Gasteiger charge is 2.17. The fourth-order valence-corrected chi connectivity index (χ4v) is 4.74. The van der Waals surface area contributed by atoms with Crippen molar-refractivity contribution in [3.63, 3.8) is 0 Å². The van der Waals surface area contributed by atoms with Crippen molar-refractivity contribution in [2.75, 3.05) is 11.1 Å². The fraction of sp³-hybridized carbons (Fsp3) is 0.409. The molecule has 0 atom stereocenters. The first-order valence-electron chi connectivity index (χ1n) is 10.1. The molecular formula is C22H28N4OS2. The third-order valence-electron chi connectivity index (χ3n) is 4.62. The van der Waals surface area contributed by atoms with Crippen molar-refractivity contribution in [2.24, 2.45) is 0 Å². The van der Waals surface area contributed by atoms with E-state index in [1.54, 1.807) is 11.3 Å². The first-order valence-corrected chi connectivity index (χ1v) is 11.9. The second kappa shape index (κ2) is 10.1. The Morgan fingerprint density at radius 3 is 2.72 bits per heavy atom. The molecule has 1 N–H and O–H groups in total. The minimum Gasteiger partial charge on any atom is -0.325 e. The van der Waals surface area contributed by atoms with Crippen molar-refractivity contribution in [1.82, 2.24) is 14.8 Å². The van der Waals surface area contributed by atoms with Gasteiger partial charge in [0.25, 0.3) is 0 Å². The van der Waals surface area contributed by atoms with E-state index in [4.69, 9.17) is 0 Å². The average molecular weight is 429 g/mol. The van der Waals surface area contributed by atoms with Gasteiger partial charge in [0, 0.05) is 28.1 Å². The van der Waals surface area contributed by atoms with E-state index in [2.05, 4.69) is 59.2 Å². The van der Waals surface area contributed by atoms with E-state index in [0.29, 0.717) is 11.7 Å². The lowest BCUT2D eigenvalue weighted by Crippen LogP contribution is -2.15.